The molecule has 0 saturated heterocycles. The van der Waals surface area contributed by atoms with Crippen molar-refractivity contribution in [3.63, 3.8) is 0 Å². The number of carbonyl (C=O) groups is 1. The highest BCUT2D eigenvalue weighted by atomic mass is 19.4. The Kier molecular flexibility index (Phi) is 4.82. The Hall–Kier alpha value is -3.03. The highest BCUT2D eigenvalue weighted by Crippen LogP contribution is 2.38. The van der Waals surface area contributed by atoms with E-state index in [9.17, 15) is 22.4 Å². The summed E-state index contributed by atoms with van der Waals surface area (Å²) in [6.07, 6.45) is -3.32. The van der Waals surface area contributed by atoms with Crippen LogP contribution in [0.5, 0.6) is 0 Å². The molecule has 1 aromatic carbocycles. The molecular weight excluding hydrogens is 362 g/mol. The first-order valence-corrected chi connectivity index (χ1v) is 8.03. The molecule has 1 aliphatic heterocycles. The van der Waals surface area contributed by atoms with E-state index in [-0.39, 0.29) is 17.0 Å². The maximum atomic E-state index is 14.7. The average molecular weight is 377 g/mol. The molecule has 0 radical (unpaired) electrons. The van der Waals surface area contributed by atoms with Crippen molar-refractivity contribution in [3.05, 3.63) is 76.5 Å². The van der Waals surface area contributed by atoms with E-state index in [4.69, 9.17) is 0 Å². The Morgan fingerprint density at radius 1 is 1.15 bits per heavy atom. The standard InChI is InChI=1S/C19H15F4N3O/c1-10-15(11(2)27)17(26-18(25-10)14-8-3-4-9-24-14)12-6-5-7-13(16(12)20)19(21,22)23/h3-9,17H,1-2H3,(H,25,26). The van der Waals surface area contributed by atoms with Crippen LogP contribution in [0, 0.1) is 5.82 Å². The number of halogens is 4. The molecule has 0 aliphatic carbocycles. The van der Waals surface area contributed by atoms with Crippen molar-refractivity contribution >= 4 is 11.6 Å². The molecule has 0 fully saturated rings. The van der Waals surface area contributed by atoms with Crippen LogP contribution in [0.25, 0.3) is 0 Å². The molecule has 0 saturated carbocycles. The molecule has 8 heteroatoms. The molecule has 1 aromatic heterocycles. The fourth-order valence-corrected chi connectivity index (χ4v) is 2.97. The van der Waals surface area contributed by atoms with Gasteiger partial charge in [0, 0.05) is 23.0 Å². The third-order valence-corrected chi connectivity index (χ3v) is 4.16. The number of ketones is 1. The quantitative estimate of drug-likeness (QED) is 0.816. The largest absolute Gasteiger partial charge is 0.419 e. The van der Waals surface area contributed by atoms with Crippen molar-refractivity contribution < 1.29 is 22.4 Å². The van der Waals surface area contributed by atoms with Gasteiger partial charge in [0.2, 0.25) is 0 Å². The second-order valence-corrected chi connectivity index (χ2v) is 6.02. The summed E-state index contributed by atoms with van der Waals surface area (Å²) in [6, 6.07) is 6.82. The van der Waals surface area contributed by atoms with Crippen LogP contribution < -0.4 is 5.32 Å². The Balaban J connectivity index is 2.19. The van der Waals surface area contributed by atoms with Gasteiger partial charge in [0.05, 0.1) is 5.56 Å². The number of hydrogen-bond acceptors (Lipinski definition) is 4. The van der Waals surface area contributed by atoms with Gasteiger partial charge in [0.15, 0.2) is 11.6 Å². The van der Waals surface area contributed by atoms with Gasteiger partial charge in [0.1, 0.15) is 17.6 Å². The number of carbonyl (C=O) groups excluding carboxylic acids is 1. The lowest BCUT2D eigenvalue weighted by molar-refractivity contribution is -0.140. The van der Waals surface area contributed by atoms with Crippen LogP contribution in [0.1, 0.15) is 36.7 Å². The number of rotatable bonds is 3. The Morgan fingerprint density at radius 3 is 2.48 bits per heavy atom. The smallest absolute Gasteiger partial charge is 0.342 e. The third kappa shape index (κ3) is 3.60. The van der Waals surface area contributed by atoms with Crippen molar-refractivity contribution in [1.29, 1.82) is 0 Å². The zero-order valence-corrected chi connectivity index (χ0v) is 14.4. The van der Waals surface area contributed by atoms with Crippen molar-refractivity contribution in [2.75, 3.05) is 0 Å². The molecule has 27 heavy (non-hydrogen) atoms. The van der Waals surface area contributed by atoms with Crippen molar-refractivity contribution in [3.8, 4) is 0 Å². The van der Waals surface area contributed by atoms with Crippen molar-refractivity contribution in [1.82, 2.24) is 10.3 Å². The van der Waals surface area contributed by atoms with Gasteiger partial charge in [-0.3, -0.25) is 14.8 Å². The summed E-state index contributed by atoms with van der Waals surface area (Å²) in [7, 11) is 0. The number of amidine groups is 1. The van der Waals surface area contributed by atoms with E-state index in [2.05, 4.69) is 15.3 Å². The first kappa shape index (κ1) is 18.8. The number of benzene rings is 1. The summed E-state index contributed by atoms with van der Waals surface area (Å²) in [5.74, 6) is -1.60. The van der Waals surface area contributed by atoms with E-state index in [0.29, 0.717) is 17.5 Å². The van der Waals surface area contributed by atoms with E-state index in [1.54, 1.807) is 25.1 Å². The first-order valence-electron chi connectivity index (χ1n) is 8.03. The van der Waals surface area contributed by atoms with E-state index in [1.807, 2.05) is 0 Å². The first-order chi connectivity index (χ1) is 12.7. The third-order valence-electron chi connectivity index (χ3n) is 4.16. The topological polar surface area (TPSA) is 54.4 Å². The van der Waals surface area contributed by atoms with Crippen LogP contribution in [-0.2, 0) is 11.0 Å². The van der Waals surface area contributed by atoms with E-state index < -0.39 is 29.4 Å². The molecule has 2 heterocycles. The summed E-state index contributed by atoms with van der Waals surface area (Å²) in [6.45, 7) is 2.85. The van der Waals surface area contributed by atoms with Crippen LogP contribution in [0.3, 0.4) is 0 Å². The number of aromatic nitrogens is 1. The molecule has 1 N–H and O–H groups in total. The fraction of sp³-hybridized carbons (Fsp3) is 0.211. The molecular formula is C19H15F4N3O. The maximum absolute atomic E-state index is 14.7. The lowest BCUT2D eigenvalue weighted by atomic mass is 9.91. The van der Waals surface area contributed by atoms with Crippen LogP contribution >= 0.6 is 0 Å². The summed E-state index contributed by atoms with van der Waals surface area (Å²) in [5, 5.41) is 2.93. The SMILES string of the molecule is CC(=O)C1=C(C)NC(c2ccccn2)=NC1c1cccc(C(F)(F)F)c1F. The number of aliphatic imine (C=N–C) groups is 1. The normalized spacial score (nSPS) is 17.4. The van der Waals surface area contributed by atoms with Gasteiger partial charge in [-0.05, 0) is 32.0 Å². The molecule has 0 bridgehead atoms. The Morgan fingerprint density at radius 2 is 1.89 bits per heavy atom. The molecule has 1 atom stereocenters. The molecule has 3 rings (SSSR count). The molecule has 0 spiro atoms. The van der Waals surface area contributed by atoms with Crippen LogP contribution in [-0.4, -0.2) is 16.6 Å². The number of pyridine rings is 1. The van der Waals surface area contributed by atoms with E-state index >= 15 is 0 Å². The van der Waals surface area contributed by atoms with Gasteiger partial charge in [-0.2, -0.15) is 13.2 Å². The summed E-state index contributed by atoms with van der Waals surface area (Å²) in [4.78, 5) is 20.6. The Labute approximate surface area is 152 Å². The zero-order valence-electron chi connectivity index (χ0n) is 14.4. The number of allylic oxidation sites excluding steroid dienone is 1. The predicted octanol–water partition coefficient (Wildman–Crippen LogP) is 4.19. The van der Waals surface area contributed by atoms with Crippen molar-refractivity contribution in [2.24, 2.45) is 4.99 Å². The minimum absolute atomic E-state index is 0.105. The lowest BCUT2D eigenvalue weighted by Gasteiger charge is -2.26. The molecule has 0 amide bonds. The predicted molar refractivity (Wildman–Crippen MR) is 91.4 cm³/mol. The van der Waals surface area contributed by atoms with Crippen LogP contribution in [0.15, 0.2) is 58.9 Å². The molecule has 140 valence electrons. The number of nitrogens with one attached hydrogen (secondary N) is 1. The van der Waals surface area contributed by atoms with Gasteiger partial charge in [-0.1, -0.05) is 18.2 Å². The zero-order chi connectivity index (χ0) is 19.8. The van der Waals surface area contributed by atoms with Gasteiger partial charge < -0.3 is 5.32 Å². The van der Waals surface area contributed by atoms with Gasteiger partial charge in [0.25, 0.3) is 0 Å². The fourth-order valence-electron chi connectivity index (χ4n) is 2.97. The maximum Gasteiger partial charge on any atom is 0.419 e. The molecule has 1 unspecified atom stereocenters. The van der Waals surface area contributed by atoms with Gasteiger partial charge in [-0.25, -0.2) is 4.39 Å². The monoisotopic (exact) mass is 377 g/mol. The summed E-state index contributed by atoms with van der Waals surface area (Å²) >= 11 is 0. The van der Waals surface area contributed by atoms with E-state index in [1.165, 1.54) is 19.2 Å². The second-order valence-electron chi connectivity index (χ2n) is 6.02. The number of nitrogens with zero attached hydrogens (tertiary/aromatic N) is 2. The van der Waals surface area contributed by atoms with Crippen LogP contribution in [0.2, 0.25) is 0 Å². The summed E-state index contributed by atoms with van der Waals surface area (Å²) in [5.41, 5.74) is -0.789. The second kappa shape index (κ2) is 6.94. The number of hydrogen-bond donors (Lipinski definition) is 1. The Bertz CT molecular complexity index is 949. The average Bonchev–Trinajstić information content (AvgIpc) is 2.60. The highest BCUT2D eigenvalue weighted by Gasteiger charge is 2.37. The number of alkyl halides is 3. The van der Waals surface area contributed by atoms with Crippen LogP contribution in [0.4, 0.5) is 17.6 Å². The molecule has 2 aromatic rings. The highest BCUT2D eigenvalue weighted by molar-refractivity contribution is 6.03. The molecule has 1 aliphatic rings. The van der Waals surface area contributed by atoms with E-state index in [0.717, 1.165) is 6.07 Å². The van der Waals surface area contributed by atoms with Gasteiger partial charge >= 0.3 is 6.18 Å². The van der Waals surface area contributed by atoms with Gasteiger partial charge in [-0.15, -0.1) is 0 Å². The number of Topliss-reactive ketones (excluding diaryl/α,β-unsaturated/α-hetero) is 1. The minimum Gasteiger partial charge on any atom is -0.342 e. The lowest BCUT2D eigenvalue weighted by Crippen LogP contribution is -2.32. The molecule has 4 nitrogen and oxygen atoms in total. The minimum atomic E-state index is -4.85. The van der Waals surface area contributed by atoms with Crippen molar-refractivity contribution in [2.45, 2.75) is 26.1 Å². The summed E-state index contributed by atoms with van der Waals surface area (Å²) < 4.78 is 54.0.